The number of carbonyl (C=O) groups is 1. The van der Waals surface area contributed by atoms with Crippen LogP contribution in [0.25, 0.3) is 5.57 Å². The number of Topliss-reactive ketones (excluding diaryl/α,β-unsaturated/α-hetero) is 1. The first-order valence-electron chi connectivity index (χ1n) is 6.09. The fourth-order valence-corrected chi connectivity index (χ4v) is 2.55. The van der Waals surface area contributed by atoms with Crippen molar-refractivity contribution in [2.45, 2.75) is 32.7 Å². The van der Waals surface area contributed by atoms with E-state index in [2.05, 4.69) is 36.5 Å². The number of aryl methyl sites for hydroxylation is 1. The Morgan fingerprint density at radius 1 is 1.47 bits per heavy atom. The van der Waals surface area contributed by atoms with Crippen LogP contribution in [0, 0.1) is 6.92 Å². The summed E-state index contributed by atoms with van der Waals surface area (Å²) in [7, 11) is 1.85. The zero-order valence-electron chi connectivity index (χ0n) is 10.7. The average Bonchev–Trinajstić information content (AvgIpc) is 2.70. The van der Waals surface area contributed by atoms with Gasteiger partial charge in [0.1, 0.15) is 5.78 Å². The first kappa shape index (κ1) is 12.1. The Hall–Kier alpha value is -1.41. The molecule has 1 aliphatic carbocycles. The SMILES string of the molecule is CNC(CC1=CCc2cccc(C)c21)C(C)=O. The lowest BCUT2D eigenvalue weighted by Crippen LogP contribution is -2.32. The molecule has 1 N–H and O–H groups in total. The van der Waals surface area contributed by atoms with E-state index < -0.39 is 0 Å². The highest BCUT2D eigenvalue weighted by molar-refractivity contribution is 5.85. The van der Waals surface area contributed by atoms with Gasteiger partial charge in [-0.1, -0.05) is 24.3 Å². The summed E-state index contributed by atoms with van der Waals surface area (Å²) in [5.74, 6) is 0.204. The molecule has 1 atom stereocenters. The van der Waals surface area contributed by atoms with E-state index in [1.807, 2.05) is 7.05 Å². The number of allylic oxidation sites excluding steroid dienone is 1. The molecule has 0 fully saturated rings. The van der Waals surface area contributed by atoms with Crippen LogP contribution in [-0.2, 0) is 11.2 Å². The third kappa shape index (κ3) is 2.32. The van der Waals surface area contributed by atoms with Gasteiger partial charge in [0.25, 0.3) is 0 Å². The second kappa shape index (κ2) is 4.84. The lowest BCUT2D eigenvalue weighted by Gasteiger charge is -2.15. The molecule has 2 heteroatoms. The van der Waals surface area contributed by atoms with E-state index >= 15 is 0 Å². The predicted molar refractivity (Wildman–Crippen MR) is 71.0 cm³/mol. The highest BCUT2D eigenvalue weighted by Gasteiger charge is 2.20. The maximum absolute atomic E-state index is 11.5. The summed E-state index contributed by atoms with van der Waals surface area (Å²) in [6, 6.07) is 6.35. The molecule has 2 nitrogen and oxygen atoms in total. The number of ketones is 1. The molecule has 0 amide bonds. The summed E-state index contributed by atoms with van der Waals surface area (Å²) in [6.45, 7) is 3.79. The largest absolute Gasteiger partial charge is 0.310 e. The van der Waals surface area contributed by atoms with Crippen molar-refractivity contribution in [2.75, 3.05) is 7.05 Å². The molecule has 0 bridgehead atoms. The molecule has 0 aliphatic heterocycles. The summed E-state index contributed by atoms with van der Waals surface area (Å²) in [4.78, 5) is 11.5. The van der Waals surface area contributed by atoms with E-state index in [4.69, 9.17) is 0 Å². The Labute approximate surface area is 103 Å². The van der Waals surface area contributed by atoms with Crippen molar-refractivity contribution in [3.8, 4) is 0 Å². The van der Waals surface area contributed by atoms with Gasteiger partial charge in [-0.15, -0.1) is 0 Å². The Bertz CT molecular complexity index is 474. The number of nitrogens with one attached hydrogen (secondary N) is 1. The molecule has 0 heterocycles. The van der Waals surface area contributed by atoms with Crippen LogP contribution in [0.5, 0.6) is 0 Å². The quantitative estimate of drug-likeness (QED) is 0.859. The van der Waals surface area contributed by atoms with Gasteiger partial charge >= 0.3 is 0 Å². The minimum Gasteiger partial charge on any atom is -0.310 e. The van der Waals surface area contributed by atoms with Crippen LogP contribution < -0.4 is 5.32 Å². The van der Waals surface area contributed by atoms with Gasteiger partial charge in [-0.3, -0.25) is 4.79 Å². The molecule has 0 radical (unpaired) electrons. The lowest BCUT2D eigenvalue weighted by atomic mass is 9.94. The second-order valence-corrected chi connectivity index (χ2v) is 4.70. The normalized spacial score (nSPS) is 15.4. The van der Waals surface area contributed by atoms with Crippen molar-refractivity contribution in [3.05, 3.63) is 41.0 Å². The average molecular weight is 229 g/mol. The molecule has 2 rings (SSSR count). The maximum Gasteiger partial charge on any atom is 0.147 e. The first-order chi connectivity index (χ1) is 8.13. The summed E-state index contributed by atoms with van der Waals surface area (Å²) in [5.41, 5.74) is 5.37. The minimum atomic E-state index is -0.0631. The summed E-state index contributed by atoms with van der Waals surface area (Å²) >= 11 is 0. The smallest absolute Gasteiger partial charge is 0.147 e. The molecule has 0 spiro atoms. The predicted octanol–water partition coefficient (Wildman–Crippen LogP) is 2.50. The standard InChI is InChI=1S/C15H19NO/c1-10-5-4-6-12-7-8-13(15(10)12)9-14(16-3)11(2)17/h4-6,8,14,16H,7,9H2,1-3H3. The van der Waals surface area contributed by atoms with Gasteiger partial charge in [-0.2, -0.15) is 0 Å². The van der Waals surface area contributed by atoms with E-state index in [0.717, 1.165) is 12.8 Å². The maximum atomic E-state index is 11.5. The molecule has 0 saturated heterocycles. The number of hydrogen-bond donors (Lipinski definition) is 1. The van der Waals surface area contributed by atoms with Crippen LogP contribution in [0.1, 0.15) is 30.0 Å². The van der Waals surface area contributed by atoms with Crippen molar-refractivity contribution in [3.63, 3.8) is 0 Å². The molecule has 1 unspecified atom stereocenters. The zero-order valence-corrected chi connectivity index (χ0v) is 10.7. The van der Waals surface area contributed by atoms with Gasteiger partial charge in [-0.05, 0) is 56.0 Å². The van der Waals surface area contributed by atoms with Crippen molar-refractivity contribution in [1.29, 1.82) is 0 Å². The zero-order chi connectivity index (χ0) is 12.4. The minimum absolute atomic E-state index is 0.0631. The fraction of sp³-hybridized carbons (Fsp3) is 0.400. The van der Waals surface area contributed by atoms with Crippen LogP contribution in [0.15, 0.2) is 24.3 Å². The van der Waals surface area contributed by atoms with E-state index in [1.54, 1.807) is 6.92 Å². The fourth-order valence-electron chi connectivity index (χ4n) is 2.55. The summed E-state index contributed by atoms with van der Waals surface area (Å²) < 4.78 is 0. The Kier molecular flexibility index (Phi) is 3.43. The molecule has 1 aliphatic rings. The van der Waals surface area contributed by atoms with E-state index in [-0.39, 0.29) is 11.8 Å². The van der Waals surface area contributed by atoms with Crippen molar-refractivity contribution in [1.82, 2.24) is 5.32 Å². The van der Waals surface area contributed by atoms with Crippen LogP contribution in [0.4, 0.5) is 0 Å². The van der Waals surface area contributed by atoms with Gasteiger partial charge in [0.2, 0.25) is 0 Å². The third-order valence-corrected chi connectivity index (χ3v) is 3.51. The van der Waals surface area contributed by atoms with Gasteiger partial charge in [0.15, 0.2) is 0 Å². The molecular formula is C15H19NO. The Morgan fingerprint density at radius 3 is 2.88 bits per heavy atom. The molecular weight excluding hydrogens is 210 g/mol. The number of hydrogen-bond acceptors (Lipinski definition) is 2. The summed E-state index contributed by atoms with van der Waals surface area (Å²) in [5, 5.41) is 3.09. The van der Waals surface area contributed by atoms with Crippen LogP contribution in [0.2, 0.25) is 0 Å². The topological polar surface area (TPSA) is 29.1 Å². The van der Waals surface area contributed by atoms with Crippen molar-refractivity contribution in [2.24, 2.45) is 0 Å². The monoisotopic (exact) mass is 229 g/mol. The number of likely N-dealkylation sites (N-methyl/N-ethyl adjacent to an activating group) is 1. The van der Waals surface area contributed by atoms with Crippen molar-refractivity contribution < 1.29 is 4.79 Å². The van der Waals surface area contributed by atoms with Gasteiger partial charge in [-0.25, -0.2) is 0 Å². The van der Waals surface area contributed by atoms with E-state index in [0.29, 0.717) is 0 Å². The molecule has 0 aromatic heterocycles. The third-order valence-electron chi connectivity index (χ3n) is 3.51. The summed E-state index contributed by atoms with van der Waals surface area (Å²) in [6.07, 6.45) is 4.05. The van der Waals surface area contributed by atoms with Gasteiger partial charge < -0.3 is 5.32 Å². The highest BCUT2D eigenvalue weighted by atomic mass is 16.1. The van der Waals surface area contributed by atoms with Gasteiger partial charge in [0, 0.05) is 0 Å². The number of benzene rings is 1. The number of fused-ring (bicyclic) bond motifs is 1. The Balaban J connectivity index is 2.25. The molecule has 17 heavy (non-hydrogen) atoms. The molecule has 1 aromatic rings. The number of rotatable bonds is 4. The Morgan fingerprint density at radius 2 is 2.24 bits per heavy atom. The van der Waals surface area contributed by atoms with Gasteiger partial charge in [0.05, 0.1) is 6.04 Å². The van der Waals surface area contributed by atoms with E-state index in [1.165, 1.54) is 22.3 Å². The van der Waals surface area contributed by atoms with Crippen molar-refractivity contribution >= 4 is 11.4 Å². The van der Waals surface area contributed by atoms with E-state index in [9.17, 15) is 4.79 Å². The van der Waals surface area contributed by atoms with Crippen LogP contribution >= 0.6 is 0 Å². The molecule has 90 valence electrons. The molecule has 0 saturated carbocycles. The lowest BCUT2D eigenvalue weighted by molar-refractivity contribution is -0.118. The number of carbonyl (C=O) groups excluding carboxylic acids is 1. The highest BCUT2D eigenvalue weighted by Crippen LogP contribution is 2.33. The first-order valence-corrected chi connectivity index (χ1v) is 6.09. The van der Waals surface area contributed by atoms with Crippen LogP contribution in [-0.4, -0.2) is 18.9 Å². The second-order valence-electron chi connectivity index (χ2n) is 4.70. The van der Waals surface area contributed by atoms with Crippen LogP contribution in [0.3, 0.4) is 0 Å². The molecule has 1 aromatic carbocycles.